The molecule has 1 aromatic carbocycles. The molecule has 1 aliphatic heterocycles. The van der Waals surface area contributed by atoms with E-state index in [1.807, 2.05) is 24.3 Å². The van der Waals surface area contributed by atoms with E-state index in [0.29, 0.717) is 40.9 Å². The van der Waals surface area contributed by atoms with Crippen molar-refractivity contribution >= 4 is 20.8 Å². The van der Waals surface area contributed by atoms with Crippen LogP contribution in [0.3, 0.4) is 0 Å². The van der Waals surface area contributed by atoms with Crippen molar-refractivity contribution in [2.45, 2.75) is 26.7 Å². The zero-order valence-electron chi connectivity index (χ0n) is 13.4. The van der Waals surface area contributed by atoms with Gasteiger partial charge in [0.15, 0.2) is 0 Å². The summed E-state index contributed by atoms with van der Waals surface area (Å²) in [7, 11) is -1.96. The first-order valence-corrected chi connectivity index (χ1v) is 8.73. The fraction of sp³-hybridized carbons (Fsp3) is 0.438. The Kier molecular flexibility index (Phi) is 5.03. The van der Waals surface area contributed by atoms with Crippen LogP contribution in [-0.2, 0) is 14.8 Å². The molecule has 2 rings (SSSR count). The molecule has 0 aliphatic carbocycles. The molecule has 0 fully saturated rings. The molecule has 1 aliphatic rings. The Balaban J connectivity index is 2.40. The molecule has 1 heterocycles. The van der Waals surface area contributed by atoms with E-state index in [-0.39, 0.29) is 0 Å². The number of hydrogen-bond donors (Lipinski definition) is 1. The molecule has 0 unspecified atom stereocenters. The van der Waals surface area contributed by atoms with Crippen LogP contribution < -0.4 is 4.72 Å². The van der Waals surface area contributed by atoms with Crippen LogP contribution in [0.4, 0.5) is 0 Å². The van der Waals surface area contributed by atoms with Crippen molar-refractivity contribution < 1.29 is 13.2 Å². The maximum absolute atomic E-state index is 12.4. The molecular weight excluding hydrogens is 300 g/mol. The van der Waals surface area contributed by atoms with Gasteiger partial charge in [-0.2, -0.15) is 0 Å². The third kappa shape index (κ3) is 3.39. The van der Waals surface area contributed by atoms with Crippen molar-refractivity contribution in [3.05, 3.63) is 41.0 Å². The molecule has 0 spiro atoms. The van der Waals surface area contributed by atoms with Gasteiger partial charge in [0.05, 0.1) is 13.2 Å². The second-order valence-corrected chi connectivity index (χ2v) is 7.18. The minimum atomic E-state index is -3.55. The van der Waals surface area contributed by atoms with Crippen LogP contribution >= 0.6 is 0 Å². The molecule has 0 amide bonds. The normalized spacial score (nSPS) is 19.0. The number of methoxy groups -OCH3 is 1. The molecule has 0 saturated heterocycles. The maximum Gasteiger partial charge on any atom is 0.264 e. The summed E-state index contributed by atoms with van der Waals surface area (Å²) < 4.78 is 32.2. The Morgan fingerprint density at radius 1 is 1.23 bits per heavy atom. The first kappa shape index (κ1) is 16.7. The smallest absolute Gasteiger partial charge is 0.264 e. The van der Waals surface area contributed by atoms with Gasteiger partial charge >= 0.3 is 0 Å². The third-order valence-electron chi connectivity index (χ3n) is 3.60. The summed E-state index contributed by atoms with van der Waals surface area (Å²) in [6.07, 6.45) is 0. The average molecular weight is 322 g/mol. The Hall–Kier alpha value is -1.66. The zero-order valence-corrected chi connectivity index (χ0v) is 14.2. The largest absolute Gasteiger partial charge is 0.383 e. The standard InChI is InChI=1S/C16H22N2O3S/c1-11(2)13-5-7-14(8-6-13)15-12(3)16(17-9-10-21-4)18-22(15,19)20/h5-8,11H,9-10H2,1-4H3,(H,17,18). The minimum absolute atomic E-state index is 0.305. The van der Waals surface area contributed by atoms with E-state index < -0.39 is 10.0 Å². The number of nitrogens with one attached hydrogen (secondary N) is 1. The van der Waals surface area contributed by atoms with Crippen LogP contribution in [0.1, 0.15) is 37.8 Å². The topological polar surface area (TPSA) is 67.8 Å². The molecule has 5 nitrogen and oxygen atoms in total. The molecule has 1 N–H and O–H groups in total. The van der Waals surface area contributed by atoms with Crippen molar-refractivity contribution in [1.29, 1.82) is 0 Å². The van der Waals surface area contributed by atoms with E-state index >= 15 is 0 Å². The summed E-state index contributed by atoms with van der Waals surface area (Å²) in [5.74, 6) is 0.814. The molecule has 0 bridgehead atoms. The van der Waals surface area contributed by atoms with Crippen molar-refractivity contribution in [3.8, 4) is 0 Å². The van der Waals surface area contributed by atoms with E-state index in [0.717, 1.165) is 0 Å². The molecule has 1 aromatic rings. The van der Waals surface area contributed by atoms with E-state index in [1.165, 1.54) is 5.56 Å². The van der Waals surface area contributed by atoms with Crippen LogP contribution in [-0.4, -0.2) is 34.5 Å². The number of aliphatic imine (C=N–C) groups is 1. The maximum atomic E-state index is 12.4. The highest BCUT2D eigenvalue weighted by Crippen LogP contribution is 2.30. The second-order valence-electron chi connectivity index (χ2n) is 5.56. The molecule has 22 heavy (non-hydrogen) atoms. The highest BCUT2D eigenvalue weighted by molar-refractivity contribution is 8.00. The van der Waals surface area contributed by atoms with Crippen molar-refractivity contribution in [1.82, 2.24) is 4.72 Å². The lowest BCUT2D eigenvalue weighted by atomic mass is 10.0. The number of sulfonamides is 1. The molecular formula is C16H22N2O3S. The van der Waals surface area contributed by atoms with Gasteiger partial charge in [-0.3, -0.25) is 9.71 Å². The molecule has 6 heteroatoms. The summed E-state index contributed by atoms with van der Waals surface area (Å²) in [6.45, 7) is 6.86. The van der Waals surface area contributed by atoms with Crippen LogP contribution in [0, 0.1) is 0 Å². The predicted octanol–water partition coefficient (Wildman–Crippen LogP) is 2.52. The molecule has 120 valence electrons. The Morgan fingerprint density at radius 3 is 2.41 bits per heavy atom. The average Bonchev–Trinajstić information content (AvgIpc) is 2.69. The summed E-state index contributed by atoms with van der Waals surface area (Å²) in [5, 5.41) is 0. The molecule has 0 saturated carbocycles. The van der Waals surface area contributed by atoms with Gasteiger partial charge in [-0.15, -0.1) is 0 Å². The summed E-state index contributed by atoms with van der Waals surface area (Å²) in [4.78, 5) is 4.56. The van der Waals surface area contributed by atoms with Gasteiger partial charge in [-0.25, -0.2) is 8.42 Å². The van der Waals surface area contributed by atoms with Gasteiger partial charge in [-0.05, 0) is 24.0 Å². The lowest BCUT2D eigenvalue weighted by Crippen LogP contribution is -2.24. The Labute approximate surface area is 132 Å². The third-order valence-corrected chi connectivity index (χ3v) is 5.14. The monoisotopic (exact) mass is 322 g/mol. The highest BCUT2D eigenvalue weighted by Gasteiger charge is 2.32. The first-order chi connectivity index (χ1) is 10.4. The van der Waals surface area contributed by atoms with Gasteiger partial charge in [0.25, 0.3) is 10.0 Å². The van der Waals surface area contributed by atoms with Gasteiger partial charge in [0.1, 0.15) is 10.7 Å². The quantitative estimate of drug-likeness (QED) is 0.847. The molecule has 0 aromatic heterocycles. The number of benzene rings is 1. The number of amidine groups is 1. The lowest BCUT2D eigenvalue weighted by Gasteiger charge is -2.07. The minimum Gasteiger partial charge on any atom is -0.383 e. The predicted molar refractivity (Wildman–Crippen MR) is 89.4 cm³/mol. The lowest BCUT2D eigenvalue weighted by molar-refractivity contribution is 0.208. The van der Waals surface area contributed by atoms with Crippen molar-refractivity contribution in [2.75, 3.05) is 20.3 Å². The van der Waals surface area contributed by atoms with Crippen LogP contribution in [0.2, 0.25) is 0 Å². The van der Waals surface area contributed by atoms with Gasteiger partial charge in [-0.1, -0.05) is 38.1 Å². The van der Waals surface area contributed by atoms with E-state index in [4.69, 9.17) is 4.74 Å². The van der Waals surface area contributed by atoms with Crippen LogP contribution in [0.25, 0.3) is 4.91 Å². The second kappa shape index (κ2) is 6.62. The summed E-state index contributed by atoms with van der Waals surface area (Å²) >= 11 is 0. The van der Waals surface area contributed by atoms with E-state index in [1.54, 1.807) is 14.0 Å². The van der Waals surface area contributed by atoms with E-state index in [9.17, 15) is 8.42 Å². The summed E-state index contributed by atoms with van der Waals surface area (Å²) in [5.41, 5.74) is 2.51. The Morgan fingerprint density at radius 2 is 1.86 bits per heavy atom. The van der Waals surface area contributed by atoms with Gasteiger partial charge in [0, 0.05) is 12.7 Å². The number of rotatable bonds is 5. The Bertz CT molecular complexity index is 701. The number of ether oxygens (including phenoxy) is 1. The number of hydrogen-bond acceptors (Lipinski definition) is 4. The zero-order chi connectivity index (χ0) is 16.3. The van der Waals surface area contributed by atoms with Crippen LogP contribution in [0.15, 0.2) is 34.8 Å². The van der Waals surface area contributed by atoms with E-state index in [2.05, 4.69) is 23.6 Å². The van der Waals surface area contributed by atoms with Crippen molar-refractivity contribution in [3.63, 3.8) is 0 Å². The van der Waals surface area contributed by atoms with Gasteiger partial charge < -0.3 is 4.74 Å². The first-order valence-electron chi connectivity index (χ1n) is 7.24. The molecule has 0 atom stereocenters. The van der Waals surface area contributed by atoms with Gasteiger partial charge in [0.2, 0.25) is 0 Å². The van der Waals surface area contributed by atoms with Crippen LogP contribution in [0.5, 0.6) is 0 Å². The fourth-order valence-electron chi connectivity index (χ4n) is 2.35. The number of nitrogens with zero attached hydrogens (tertiary/aromatic N) is 1. The SMILES string of the molecule is COCCN=C1NS(=O)(=O)C(c2ccc(C(C)C)cc2)=C1C. The fourth-order valence-corrected chi connectivity index (χ4v) is 3.87. The summed E-state index contributed by atoms with van der Waals surface area (Å²) in [6, 6.07) is 7.64. The highest BCUT2D eigenvalue weighted by atomic mass is 32.2. The van der Waals surface area contributed by atoms with Crippen molar-refractivity contribution in [2.24, 2.45) is 4.99 Å². The molecule has 0 radical (unpaired) electrons.